The lowest BCUT2D eigenvalue weighted by atomic mass is 10.2. The predicted molar refractivity (Wildman–Crippen MR) is 74.6 cm³/mol. The number of rotatable bonds is 3. The van der Waals surface area contributed by atoms with Gasteiger partial charge in [0.25, 0.3) is 10.0 Å². The lowest BCUT2D eigenvalue weighted by Crippen LogP contribution is -2.43. The number of hydrogen-bond acceptors (Lipinski definition) is 5. The molecule has 2 N–H and O–H groups in total. The number of hydrogen-bond donors (Lipinski definition) is 2. The van der Waals surface area contributed by atoms with Gasteiger partial charge in [0, 0.05) is 20.1 Å². The van der Waals surface area contributed by atoms with Crippen molar-refractivity contribution in [1.29, 1.82) is 0 Å². The first-order valence-corrected chi connectivity index (χ1v) is 8.58. The van der Waals surface area contributed by atoms with Crippen molar-refractivity contribution in [3.8, 4) is 0 Å². The van der Waals surface area contributed by atoms with Gasteiger partial charge in [0.05, 0.1) is 21.0 Å². The summed E-state index contributed by atoms with van der Waals surface area (Å²) in [5, 5.41) is 13.1. The second kappa shape index (κ2) is 5.35. The lowest BCUT2D eigenvalue weighted by molar-refractivity contribution is 0.136. The van der Waals surface area contributed by atoms with Crippen molar-refractivity contribution < 1.29 is 13.5 Å². The molecule has 18 heavy (non-hydrogen) atoms. The average Bonchev–Trinajstić information content (AvgIpc) is 2.85. The van der Waals surface area contributed by atoms with E-state index in [9.17, 15) is 13.5 Å². The van der Waals surface area contributed by atoms with Crippen LogP contribution in [0.25, 0.3) is 0 Å². The van der Waals surface area contributed by atoms with Crippen LogP contribution in [0.1, 0.15) is 0 Å². The minimum atomic E-state index is -3.62. The van der Waals surface area contributed by atoms with Gasteiger partial charge in [-0.1, -0.05) is 11.6 Å². The summed E-state index contributed by atoms with van der Waals surface area (Å²) in [4.78, 5) is 0. The molecule has 5 nitrogen and oxygen atoms in total. The molecule has 1 aliphatic heterocycles. The molecule has 0 amide bonds. The van der Waals surface area contributed by atoms with E-state index in [1.54, 1.807) is 0 Å². The summed E-state index contributed by atoms with van der Waals surface area (Å²) in [5.41, 5.74) is 0. The summed E-state index contributed by atoms with van der Waals surface area (Å²) in [6.07, 6.45) is -0.691. The summed E-state index contributed by atoms with van der Waals surface area (Å²) >= 11 is 10.1. The van der Waals surface area contributed by atoms with Crippen LogP contribution in [0, 0.1) is 0 Å². The van der Waals surface area contributed by atoms with E-state index in [4.69, 9.17) is 11.6 Å². The normalized spacial score (nSPS) is 24.9. The highest BCUT2D eigenvalue weighted by Gasteiger charge is 2.36. The number of sulfonamides is 1. The Kier molecular flexibility index (Phi) is 4.37. The quantitative estimate of drug-likeness (QED) is 0.830. The third kappa shape index (κ3) is 2.60. The van der Waals surface area contributed by atoms with E-state index in [-0.39, 0.29) is 4.21 Å². The number of aliphatic hydroxyl groups excluding tert-OH is 1. The van der Waals surface area contributed by atoms with Crippen LogP contribution in [-0.2, 0) is 10.0 Å². The molecule has 0 aliphatic carbocycles. The Balaban J connectivity index is 2.30. The second-order valence-corrected chi connectivity index (χ2v) is 9.00. The van der Waals surface area contributed by atoms with Gasteiger partial charge in [-0.3, -0.25) is 0 Å². The molecule has 1 fully saturated rings. The number of thiophene rings is 1. The zero-order valence-corrected chi connectivity index (χ0v) is 13.4. The van der Waals surface area contributed by atoms with Gasteiger partial charge in [0.15, 0.2) is 0 Å². The number of likely N-dealkylation sites (N-methyl/N-ethyl adjacent to an activating group) is 1. The summed E-state index contributed by atoms with van der Waals surface area (Å²) < 4.78 is 26.6. The second-order valence-electron chi connectivity index (χ2n) is 4.00. The lowest BCUT2D eigenvalue weighted by Gasteiger charge is -2.24. The molecule has 102 valence electrons. The molecule has 2 heterocycles. The molecule has 0 saturated carbocycles. The molecular weight excluding hydrogens is 364 g/mol. The maximum absolute atomic E-state index is 12.3. The Labute approximate surface area is 123 Å². The molecule has 0 spiro atoms. The van der Waals surface area contributed by atoms with Crippen LogP contribution in [0.15, 0.2) is 14.1 Å². The fourth-order valence-electron chi connectivity index (χ4n) is 1.80. The molecule has 0 bridgehead atoms. The minimum Gasteiger partial charge on any atom is -0.390 e. The van der Waals surface area contributed by atoms with E-state index in [1.165, 1.54) is 17.4 Å². The van der Waals surface area contributed by atoms with E-state index in [2.05, 4.69) is 21.2 Å². The fraction of sp³-hybridized carbons (Fsp3) is 0.556. The van der Waals surface area contributed by atoms with Crippen LogP contribution < -0.4 is 5.32 Å². The maximum atomic E-state index is 12.3. The molecule has 0 unspecified atom stereocenters. The average molecular weight is 376 g/mol. The molecule has 1 aliphatic rings. The first kappa shape index (κ1) is 14.7. The molecule has 1 saturated heterocycles. The molecule has 2 atom stereocenters. The van der Waals surface area contributed by atoms with Crippen molar-refractivity contribution in [2.45, 2.75) is 16.4 Å². The number of aliphatic hydroxyl groups is 1. The van der Waals surface area contributed by atoms with Gasteiger partial charge in [0.2, 0.25) is 0 Å². The van der Waals surface area contributed by atoms with Crippen molar-refractivity contribution in [2.24, 2.45) is 0 Å². The van der Waals surface area contributed by atoms with Crippen LogP contribution in [0.3, 0.4) is 0 Å². The Morgan fingerprint density at radius 1 is 1.61 bits per heavy atom. The maximum Gasteiger partial charge on any atom is 0.252 e. The monoisotopic (exact) mass is 374 g/mol. The smallest absolute Gasteiger partial charge is 0.252 e. The third-order valence-corrected chi connectivity index (χ3v) is 7.68. The van der Waals surface area contributed by atoms with Crippen molar-refractivity contribution in [2.75, 3.05) is 20.1 Å². The van der Waals surface area contributed by atoms with Gasteiger partial charge < -0.3 is 10.4 Å². The standard InChI is InChI=1S/C9H12BrClN2O3S2/c1-13(6-3-12-4-7(6)14)18(15,16)8-2-5(11)9(10)17-8/h2,6-7,12,14H,3-4H2,1H3/t6-,7-/m0/s1. The third-order valence-electron chi connectivity index (χ3n) is 2.87. The molecule has 1 aromatic heterocycles. The van der Waals surface area contributed by atoms with Crippen LogP contribution in [0.2, 0.25) is 5.02 Å². The van der Waals surface area contributed by atoms with Crippen LogP contribution >= 0.6 is 38.9 Å². The van der Waals surface area contributed by atoms with E-state index in [0.717, 1.165) is 11.3 Å². The highest BCUT2D eigenvalue weighted by Crippen LogP contribution is 2.36. The van der Waals surface area contributed by atoms with E-state index in [0.29, 0.717) is 21.9 Å². The Morgan fingerprint density at radius 3 is 2.72 bits per heavy atom. The summed E-state index contributed by atoms with van der Waals surface area (Å²) in [6.45, 7) is 0.844. The summed E-state index contributed by atoms with van der Waals surface area (Å²) in [5.74, 6) is 0. The molecule has 0 radical (unpaired) electrons. The SMILES string of the molecule is CN([C@H]1CNC[C@@H]1O)S(=O)(=O)c1cc(Cl)c(Br)s1. The number of halogens is 2. The van der Waals surface area contributed by atoms with Crippen molar-refractivity contribution >= 4 is 48.9 Å². The Bertz CT molecular complexity index is 529. The zero-order valence-electron chi connectivity index (χ0n) is 9.43. The zero-order chi connectivity index (χ0) is 13.5. The topological polar surface area (TPSA) is 69.6 Å². The number of β-amino-alcohol motifs (C(OH)–C–C–N with tert-alkyl or cyclic N) is 1. The first-order valence-electron chi connectivity index (χ1n) is 5.15. The molecule has 1 aromatic rings. The molecule has 9 heteroatoms. The molecule has 0 aromatic carbocycles. The van der Waals surface area contributed by atoms with Gasteiger partial charge >= 0.3 is 0 Å². The van der Waals surface area contributed by atoms with E-state index >= 15 is 0 Å². The first-order chi connectivity index (χ1) is 8.34. The number of nitrogens with one attached hydrogen (secondary N) is 1. The van der Waals surface area contributed by atoms with Crippen molar-refractivity contribution in [1.82, 2.24) is 9.62 Å². The Morgan fingerprint density at radius 2 is 2.28 bits per heavy atom. The van der Waals surface area contributed by atoms with Crippen LogP contribution in [-0.4, -0.2) is 50.1 Å². The summed E-state index contributed by atoms with van der Waals surface area (Å²) in [7, 11) is -2.15. The van der Waals surface area contributed by atoms with Gasteiger partial charge in [-0.05, 0) is 22.0 Å². The molecule has 2 rings (SSSR count). The number of nitrogens with zero attached hydrogens (tertiary/aromatic N) is 1. The van der Waals surface area contributed by atoms with Gasteiger partial charge in [0.1, 0.15) is 4.21 Å². The fourth-order valence-corrected chi connectivity index (χ4v) is 5.77. The predicted octanol–water partition coefficient (Wildman–Crippen LogP) is 1.12. The largest absolute Gasteiger partial charge is 0.390 e. The van der Waals surface area contributed by atoms with E-state index in [1.807, 2.05) is 0 Å². The van der Waals surface area contributed by atoms with Gasteiger partial charge in [-0.15, -0.1) is 11.3 Å². The van der Waals surface area contributed by atoms with Gasteiger partial charge in [-0.2, -0.15) is 4.31 Å². The van der Waals surface area contributed by atoms with Crippen LogP contribution in [0.5, 0.6) is 0 Å². The van der Waals surface area contributed by atoms with Crippen molar-refractivity contribution in [3.63, 3.8) is 0 Å². The van der Waals surface area contributed by atoms with Crippen molar-refractivity contribution in [3.05, 3.63) is 14.9 Å². The van der Waals surface area contributed by atoms with Crippen LogP contribution in [0.4, 0.5) is 0 Å². The highest BCUT2D eigenvalue weighted by atomic mass is 79.9. The summed E-state index contributed by atoms with van der Waals surface area (Å²) in [6, 6.07) is 0.964. The Hall–Kier alpha value is 0.300. The minimum absolute atomic E-state index is 0.168. The molecular formula is C9H12BrClN2O3S2. The van der Waals surface area contributed by atoms with Gasteiger partial charge in [-0.25, -0.2) is 8.42 Å². The van der Waals surface area contributed by atoms with E-state index < -0.39 is 22.2 Å². The highest BCUT2D eigenvalue weighted by molar-refractivity contribution is 9.11.